The number of rotatable bonds is 3. The molecule has 2 saturated heterocycles. The van der Waals surface area contributed by atoms with Gasteiger partial charge in [-0.2, -0.15) is 0 Å². The number of para-hydroxylation sites is 1. The number of benzene rings is 1. The zero-order chi connectivity index (χ0) is 24.2. The van der Waals surface area contributed by atoms with Crippen LogP contribution in [0.3, 0.4) is 0 Å². The van der Waals surface area contributed by atoms with E-state index in [9.17, 15) is 24.3 Å². The highest BCUT2D eigenvalue weighted by atomic mass is 16.4. The van der Waals surface area contributed by atoms with Gasteiger partial charge in [-0.05, 0) is 30.4 Å². The van der Waals surface area contributed by atoms with E-state index >= 15 is 0 Å². The molecule has 10 nitrogen and oxygen atoms in total. The molecule has 3 atom stereocenters. The first-order chi connectivity index (χ1) is 15.4. The van der Waals surface area contributed by atoms with E-state index in [1.165, 1.54) is 14.0 Å². The van der Waals surface area contributed by atoms with E-state index in [-0.39, 0.29) is 41.9 Å². The third kappa shape index (κ3) is 3.67. The summed E-state index contributed by atoms with van der Waals surface area (Å²) in [4.78, 5) is 52.8. The molecule has 0 bridgehead atoms. The number of piperidine rings is 1. The third-order valence-corrected chi connectivity index (χ3v) is 6.98. The number of likely N-dealkylation sites (N-methyl/N-ethyl adjacent to an activating group) is 1. The van der Waals surface area contributed by atoms with Gasteiger partial charge in [-0.15, -0.1) is 0 Å². The average molecular weight is 458 g/mol. The summed E-state index contributed by atoms with van der Waals surface area (Å²) < 4.78 is 2.99. The van der Waals surface area contributed by atoms with Crippen LogP contribution in [0.4, 0.5) is 10.5 Å². The quantitative estimate of drug-likeness (QED) is 0.680. The van der Waals surface area contributed by atoms with Gasteiger partial charge in [0, 0.05) is 27.1 Å². The van der Waals surface area contributed by atoms with Crippen LogP contribution in [-0.4, -0.2) is 62.7 Å². The highest BCUT2D eigenvalue weighted by Crippen LogP contribution is 2.39. The smallest absolute Gasteiger partial charge is 0.407 e. The van der Waals surface area contributed by atoms with E-state index in [1.807, 2.05) is 40.0 Å². The van der Waals surface area contributed by atoms with Crippen LogP contribution >= 0.6 is 0 Å². The van der Waals surface area contributed by atoms with Crippen LogP contribution in [0.25, 0.3) is 11.0 Å². The Bertz CT molecular complexity index is 1190. The third-order valence-electron chi connectivity index (χ3n) is 6.98. The lowest BCUT2D eigenvalue weighted by Gasteiger charge is -2.41. The molecule has 3 amide bonds. The Morgan fingerprint density at radius 3 is 2.48 bits per heavy atom. The molecule has 2 aliphatic heterocycles. The molecule has 0 spiro atoms. The van der Waals surface area contributed by atoms with Crippen LogP contribution in [0, 0.1) is 5.41 Å². The van der Waals surface area contributed by atoms with Gasteiger partial charge in [-0.25, -0.2) is 9.59 Å². The number of hydrogen-bond donors (Lipinski definition) is 2. The highest BCUT2D eigenvalue weighted by Gasteiger charge is 2.46. The standard InChI is InChI=1S/C23H31N5O5/c1-23(2,3)19-15(11-12-27(19)22(32)33)25(4)13-7-6-8-14-18(13)26(5)21(31)28(14)16-9-10-17(29)24-20(16)30/h6-8,15-16,19H,9-12H2,1-5H3,(H,32,33)(H,24,29,30). The van der Waals surface area contributed by atoms with Crippen LogP contribution in [0.5, 0.6) is 0 Å². The second kappa shape index (κ2) is 7.93. The predicted molar refractivity (Wildman–Crippen MR) is 123 cm³/mol. The minimum atomic E-state index is -0.930. The molecule has 2 aliphatic rings. The maximum Gasteiger partial charge on any atom is 0.407 e. The van der Waals surface area contributed by atoms with Gasteiger partial charge in [-0.1, -0.05) is 26.8 Å². The van der Waals surface area contributed by atoms with Crippen molar-refractivity contribution < 1.29 is 19.5 Å². The molecule has 3 unspecified atom stereocenters. The van der Waals surface area contributed by atoms with Crippen molar-refractivity contribution in [3.8, 4) is 0 Å². The SMILES string of the molecule is CN(c1cccc2c1n(C)c(=O)n2C1CCC(=O)NC1=O)C1CCN(C(=O)O)C1C(C)(C)C. The van der Waals surface area contributed by atoms with Crippen molar-refractivity contribution in [1.82, 2.24) is 19.4 Å². The van der Waals surface area contributed by atoms with Crippen molar-refractivity contribution in [2.75, 3.05) is 18.5 Å². The Morgan fingerprint density at radius 1 is 1.18 bits per heavy atom. The van der Waals surface area contributed by atoms with Crippen LogP contribution in [-0.2, 0) is 16.6 Å². The number of aryl methyl sites for hydroxylation is 1. The zero-order valence-corrected chi connectivity index (χ0v) is 19.7. The van der Waals surface area contributed by atoms with Gasteiger partial charge in [0.15, 0.2) is 0 Å². The fraction of sp³-hybridized carbons (Fsp3) is 0.565. The summed E-state index contributed by atoms with van der Waals surface area (Å²) in [5.41, 5.74) is 1.47. The number of nitrogens with one attached hydrogen (secondary N) is 1. The summed E-state index contributed by atoms with van der Waals surface area (Å²) >= 11 is 0. The molecule has 1 aromatic carbocycles. The molecule has 2 aromatic rings. The molecule has 178 valence electrons. The summed E-state index contributed by atoms with van der Waals surface area (Å²) in [6.45, 7) is 6.55. The molecule has 0 radical (unpaired) electrons. The van der Waals surface area contributed by atoms with Crippen molar-refractivity contribution in [2.45, 2.75) is 58.2 Å². The summed E-state index contributed by atoms with van der Waals surface area (Å²) in [5, 5.41) is 12.1. The highest BCUT2D eigenvalue weighted by molar-refractivity contribution is 6.00. The number of imidazole rings is 1. The molecule has 33 heavy (non-hydrogen) atoms. The van der Waals surface area contributed by atoms with Crippen LogP contribution in [0.2, 0.25) is 0 Å². The van der Waals surface area contributed by atoms with E-state index in [4.69, 9.17) is 0 Å². The summed E-state index contributed by atoms with van der Waals surface area (Å²) in [7, 11) is 3.60. The number of aromatic nitrogens is 2. The first-order valence-corrected chi connectivity index (χ1v) is 11.2. The Morgan fingerprint density at radius 2 is 1.88 bits per heavy atom. The normalized spacial score (nSPS) is 23.8. The van der Waals surface area contributed by atoms with Gasteiger partial charge in [0.1, 0.15) is 6.04 Å². The van der Waals surface area contributed by atoms with Crippen LogP contribution in [0.15, 0.2) is 23.0 Å². The lowest BCUT2D eigenvalue weighted by Crippen LogP contribution is -2.52. The van der Waals surface area contributed by atoms with E-state index < -0.39 is 18.0 Å². The summed E-state index contributed by atoms with van der Waals surface area (Å²) in [6.07, 6.45) is 0.189. The molecule has 2 N–H and O–H groups in total. The van der Waals surface area contributed by atoms with Gasteiger partial charge >= 0.3 is 11.8 Å². The van der Waals surface area contributed by atoms with Crippen LogP contribution in [0.1, 0.15) is 46.1 Å². The van der Waals surface area contributed by atoms with Crippen molar-refractivity contribution >= 4 is 34.6 Å². The number of imide groups is 1. The maximum absolute atomic E-state index is 13.2. The summed E-state index contributed by atoms with van der Waals surface area (Å²) in [6, 6.07) is 4.49. The van der Waals surface area contributed by atoms with E-state index in [2.05, 4.69) is 10.2 Å². The molecule has 3 heterocycles. The Balaban J connectivity index is 1.81. The first-order valence-electron chi connectivity index (χ1n) is 11.2. The van der Waals surface area contributed by atoms with Gasteiger partial charge in [-0.3, -0.25) is 24.0 Å². The number of carbonyl (C=O) groups excluding carboxylic acids is 2. The van der Waals surface area contributed by atoms with Gasteiger partial charge in [0.2, 0.25) is 11.8 Å². The Kier molecular flexibility index (Phi) is 5.50. The van der Waals surface area contributed by atoms with Crippen molar-refractivity contribution in [2.24, 2.45) is 12.5 Å². The molecule has 10 heteroatoms. The number of amides is 3. The number of nitrogens with zero attached hydrogens (tertiary/aromatic N) is 4. The molecule has 1 aromatic heterocycles. The van der Waals surface area contributed by atoms with E-state index in [1.54, 1.807) is 13.1 Å². The summed E-state index contributed by atoms with van der Waals surface area (Å²) in [5.74, 6) is -0.803. The molecular weight excluding hydrogens is 426 g/mol. The molecular formula is C23H31N5O5. The molecule has 2 fully saturated rings. The minimum absolute atomic E-state index is 0.0826. The number of carbonyl (C=O) groups is 3. The number of likely N-dealkylation sites (tertiary alicyclic amines) is 1. The zero-order valence-electron chi connectivity index (χ0n) is 19.7. The molecule has 0 saturated carbocycles. The van der Waals surface area contributed by atoms with Crippen LogP contribution < -0.4 is 15.9 Å². The number of carboxylic acid groups (broad SMARTS) is 1. The molecule has 4 rings (SSSR count). The van der Waals surface area contributed by atoms with Crippen molar-refractivity contribution in [3.05, 3.63) is 28.7 Å². The first kappa shape index (κ1) is 22.9. The topological polar surface area (TPSA) is 117 Å². The van der Waals surface area contributed by atoms with Gasteiger partial charge in [0.05, 0.1) is 28.8 Å². The van der Waals surface area contributed by atoms with Crippen molar-refractivity contribution in [1.29, 1.82) is 0 Å². The van der Waals surface area contributed by atoms with E-state index in [0.29, 0.717) is 24.0 Å². The second-order valence-corrected chi connectivity index (χ2v) is 10.1. The minimum Gasteiger partial charge on any atom is -0.465 e. The largest absolute Gasteiger partial charge is 0.465 e. The average Bonchev–Trinajstić information content (AvgIpc) is 3.29. The van der Waals surface area contributed by atoms with Gasteiger partial charge in [0.25, 0.3) is 0 Å². The Labute approximate surface area is 191 Å². The fourth-order valence-corrected chi connectivity index (χ4v) is 5.55. The van der Waals surface area contributed by atoms with Gasteiger partial charge < -0.3 is 14.9 Å². The number of anilines is 1. The number of fused-ring (bicyclic) bond motifs is 1. The lowest BCUT2D eigenvalue weighted by molar-refractivity contribution is -0.135. The molecule has 0 aliphatic carbocycles. The Hall–Kier alpha value is -3.30. The fourth-order valence-electron chi connectivity index (χ4n) is 5.55. The van der Waals surface area contributed by atoms with E-state index in [0.717, 1.165) is 5.69 Å². The monoisotopic (exact) mass is 457 g/mol. The lowest BCUT2D eigenvalue weighted by atomic mass is 9.82. The maximum atomic E-state index is 13.2. The predicted octanol–water partition coefficient (Wildman–Crippen LogP) is 1.92. The second-order valence-electron chi connectivity index (χ2n) is 10.1. The number of hydrogen-bond acceptors (Lipinski definition) is 5. The van der Waals surface area contributed by atoms with Crippen molar-refractivity contribution in [3.63, 3.8) is 0 Å².